The molecule has 4 unspecified atom stereocenters. The number of unbranched alkanes of at least 4 members (excludes halogenated alkanes) is 1. The Labute approximate surface area is 206 Å². The van der Waals surface area contributed by atoms with Gasteiger partial charge in [-0.3, -0.25) is 14.4 Å². The van der Waals surface area contributed by atoms with E-state index < -0.39 is 47.9 Å². The Morgan fingerprint density at radius 3 is 2.06 bits per heavy atom. The fraction of sp³-hybridized carbons (Fsp3) is 0.565. The number of nitrogens with one attached hydrogen (secondary N) is 3. The van der Waals surface area contributed by atoms with Gasteiger partial charge in [0.25, 0.3) is 0 Å². The molecule has 0 spiro atoms. The molecule has 0 aromatic heterocycles. The Kier molecular flexibility index (Phi) is 13.2. The number of nitrogens with two attached hydrogens (primary N) is 2. The summed E-state index contributed by atoms with van der Waals surface area (Å²) in [6, 6.07) is 5.25. The lowest BCUT2D eigenvalue weighted by Crippen LogP contribution is -2.58. The van der Waals surface area contributed by atoms with Gasteiger partial charge in [-0.2, -0.15) is 12.6 Å². The van der Waals surface area contributed by atoms with E-state index >= 15 is 0 Å². The molecule has 4 atom stereocenters. The minimum atomic E-state index is -1.16. The summed E-state index contributed by atoms with van der Waals surface area (Å²) in [5.74, 6) is -3.28. The maximum absolute atomic E-state index is 12.9. The lowest BCUT2D eigenvalue weighted by Gasteiger charge is -2.25. The molecule has 10 nitrogen and oxygen atoms in total. The van der Waals surface area contributed by atoms with Gasteiger partial charge in [0.05, 0.1) is 6.04 Å². The van der Waals surface area contributed by atoms with Gasteiger partial charge in [0.1, 0.15) is 18.1 Å². The van der Waals surface area contributed by atoms with Crippen LogP contribution in [0.15, 0.2) is 30.3 Å². The van der Waals surface area contributed by atoms with Crippen LogP contribution in [-0.4, -0.2) is 65.3 Å². The summed E-state index contributed by atoms with van der Waals surface area (Å²) in [6.45, 7) is 3.76. The monoisotopic (exact) mass is 495 g/mol. The molecule has 0 aliphatic carbocycles. The molecule has 0 aliphatic heterocycles. The number of carboxylic acids is 1. The predicted octanol–water partition coefficient (Wildman–Crippen LogP) is -0.190. The fourth-order valence-corrected chi connectivity index (χ4v) is 3.49. The summed E-state index contributed by atoms with van der Waals surface area (Å²) in [5, 5.41) is 17.0. The van der Waals surface area contributed by atoms with Crippen LogP contribution in [0.5, 0.6) is 0 Å². The van der Waals surface area contributed by atoms with E-state index in [0.29, 0.717) is 25.8 Å². The van der Waals surface area contributed by atoms with Crippen molar-refractivity contribution >= 4 is 36.3 Å². The number of carbonyl (C=O) groups is 4. The number of thiol groups is 1. The van der Waals surface area contributed by atoms with E-state index in [4.69, 9.17) is 11.5 Å². The summed E-state index contributed by atoms with van der Waals surface area (Å²) in [6.07, 6.45) is 1.74. The molecule has 1 aromatic carbocycles. The molecule has 1 aromatic rings. The van der Waals surface area contributed by atoms with Crippen LogP contribution in [0.1, 0.15) is 38.7 Å². The molecule has 1 rings (SSSR count). The average Bonchev–Trinajstić information content (AvgIpc) is 2.80. The first-order valence-electron chi connectivity index (χ1n) is 11.3. The Bertz CT molecular complexity index is 808. The van der Waals surface area contributed by atoms with Crippen molar-refractivity contribution in [2.75, 3.05) is 12.3 Å². The molecular formula is C23H37N5O5S. The van der Waals surface area contributed by atoms with Crippen LogP contribution in [0.25, 0.3) is 0 Å². The van der Waals surface area contributed by atoms with E-state index in [1.165, 1.54) is 0 Å². The molecule has 0 fully saturated rings. The normalized spacial score (nSPS) is 14.5. The van der Waals surface area contributed by atoms with Crippen molar-refractivity contribution in [1.29, 1.82) is 0 Å². The van der Waals surface area contributed by atoms with Gasteiger partial charge in [0.2, 0.25) is 17.7 Å². The van der Waals surface area contributed by atoms with Crippen molar-refractivity contribution in [3.63, 3.8) is 0 Å². The van der Waals surface area contributed by atoms with Crippen molar-refractivity contribution in [1.82, 2.24) is 16.0 Å². The van der Waals surface area contributed by atoms with Gasteiger partial charge < -0.3 is 32.5 Å². The number of hydrogen-bond donors (Lipinski definition) is 7. The quantitative estimate of drug-likeness (QED) is 0.130. The lowest BCUT2D eigenvalue weighted by molar-refractivity contribution is -0.143. The minimum Gasteiger partial charge on any atom is -0.480 e. The largest absolute Gasteiger partial charge is 0.480 e. The van der Waals surface area contributed by atoms with Crippen LogP contribution in [0.2, 0.25) is 0 Å². The van der Waals surface area contributed by atoms with Gasteiger partial charge in [-0.25, -0.2) is 4.79 Å². The third-order valence-electron chi connectivity index (χ3n) is 5.26. The first kappa shape index (κ1) is 29.4. The Balaban J connectivity index is 2.83. The highest BCUT2D eigenvalue weighted by molar-refractivity contribution is 7.80. The van der Waals surface area contributed by atoms with E-state index in [-0.39, 0.29) is 18.1 Å². The maximum atomic E-state index is 12.9. The van der Waals surface area contributed by atoms with Gasteiger partial charge in [0, 0.05) is 5.75 Å². The standard InChI is InChI=1S/C23H37N5O5S/c1-14(2)19(23(32)33)28-21(30)17(10-6-7-11-24)26-22(31)18(13-34)27-20(29)16(25)12-15-8-4-3-5-9-15/h3-5,8-9,14,16-19,34H,6-7,10-13,24-25H2,1-2H3,(H,26,31)(H,27,29)(H,28,30)(H,32,33). The third-order valence-corrected chi connectivity index (χ3v) is 5.63. The highest BCUT2D eigenvalue weighted by Crippen LogP contribution is 2.07. The molecule has 0 saturated heterocycles. The number of aliphatic carboxylic acids is 1. The maximum Gasteiger partial charge on any atom is 0.326 e. The van der Waals surface area contributed by atoms with Gasteiger partial charge in [-0.1, -0.05) is 44.2 Å². The predicted molar refractivity (Wildman–Crippen MR) is 133 cm³/mol. The van der Waals surface area contributed by atoms with Crippen LogP contribution in [0.4, 0.5) is 0 Å². The second-order valence-electron chi connectivity index (χ2n) is 8.45. The average molecular weight is 496 g/mol. The number of carboxylic acid groups (broad SMARTS) is 1. The van der Waals surface area contributed by atoms with E-state index in [1.807, 2.05) is 30.3 Å². The van der Waals surface area contributed by atoms with Gasteiger partial charge >= 0.3 is 5.97 Å². The van der Waals surface area contributed by atoms with Crippen molar-refractivity contribution < 1.29 is 24.3 Å². The molecule has 0 saturated carbocycles. The summed E-state index contributed by atoms with van der Waals surface area (Å²) in [5.41, 5.74) is 12.4. The molecule has 190 valence electrons. The molecule has 34 heavy (non-hydrogen) atoms. The molecule has 3 amide bonds. The summed E-state index contributed by atoms with van der Waals surface area (Å²) >= 11 is 4.16. The summed E-state index contributed by atoms with van der Waals surface area (Å²) < 4.78 is 0. The van der Waals surface area contributed by atoms with Crippen LogP contribution < -0.4 is 27.4 Å². The number of benzene rings is 1. The van der Waals surface area contributed by atoms with Crippen LogP contribution in [0, 0.1) is 5.92 Å². The Morgan fingerprint density at radius 2 is 1.53 bits per heavy atom. The fourth-order valence-electron chi connectivity index (χ4n) is 3.23. The SMILES string of the molecule is CC(C)C(NC(=O)C(CCCCN)NC(=O)C(CS)NC(=O)C(N)Cc1ccccc1)C(=O)O. The van der Waals surface area contributed by atoms with Crippen molar-refractivity contribution in [3.05, 3.63) is 35.9 Å². The number of carbonyl (C=O) groups excluding carboxylic acids is 3. The smallest absolute Gasteiger partial charge is 0.326 e. The zero-order valence-corrected chi connectivity index (χ0v) is 20.6. The number of amides is 3. The van der Waals surface area contributed by atoms with E-state index in [2.05, 4.69) is 28.6 Å². The first-order valence-corrected chi connectivity index (χ1v) is 12.0. The minimum absolute atomic E-state index is 0.0173. The van der Waals surface area contributed by atoms with Gasteiger partial charge in [-0.15, -0.1) is 0 Å². The van der Waals surface area contributed by atoms with Crippen LogP contribution in [-0.2, 0) is 25.6 Å². The highest BCUT2D eigenvalue weighted by atomic mass is 32.1. The summed E-state index contributed by atoms with van der Waals surface area (Å²) in [7, 11) is 0. The van der Waals surface area contributed by atoms with Gasteiger partial charge in [0.15, 0.2) is 0 Å². The van der Waals surface area contributed by atoms with Gasteiger partial charge in [-0.05, 0) is 43.7 Å². The lowest BCUT2D eigenvalue weighted by atomic mass is 10.0. The van der Waals surface area contributed by atoms with E-state index in [0.717, 1.165) is 5.56 Å². The highest BCUT2D eigenvalue weighted by Gasteiger charge is 2.30. The molecule has 0 aliphatic rings. The molecule has 0 radical (unpaired) electrons. The molecule has 8 N–H and O–H groups in total. The third kappa shape index (κ3) is 10.1. The van der Waals surface area contributed by atoms with Crippen LogP contribution >= 0.6 is 12.6 Å². The molecule has 0 heterocycles. The zero-order valence-electron chi connectivity index (χ0n) is 19.7. The first-order chi connectivity index (χ1) is 16.1. The van der Waals surface area contributed by atoms with Crippen LogP contribution in [0.3, 0.4) is 0 Å². The van der Waals surface area contributed by atoms with Crippen molar-refractivity contribution in [2.24, 2.45) is 17.4 Å². The number of rotatable bonds is 15. The second-order valence-corrected chi connectivity index (χ2v) is 8.82. The van der Waals surface area contributed by atoms with Crippen molar-refractivity contribution in [2.45, 2.75) is 63.7 Å². The summed E-state index contributed by atoms with van der Waals surface area (Å²) in [4.78, 5) is 49.6. The molecule has 11 heteroatoms. The Hall–Kier alpha value is -2.63. The zero-order chi connectivity index (χ0) is 25.7. The number of hydrogen-bond acceptors (Lipinski definition) is 7. The molecular weight excluding hydrogens is 458 g/mol. The van der Waals surface area contributed by atoms with E-state index in [1.54, 1.807) is 13.8 Å². The topological polar surface area (TPSA) is 177 Å². The van der Waals surface area contributed by atoms with E-state index in [9.17, 15) is 24.3 Å². The second kappa shape index (κ2) is 15.3. The molecule has 0 bridgehead atoms. The van der Waals surface area contributed by atoms with Crippen molar-refractivity contribution in [3.8, 4) is 0 Å². The Morgan fingerprint density at radius 1 is 0.941 bits per heavy atom.